The lowest BCUT2D eigenvalue weighted by molar-refractivity contribution is -0.136. The molecule has 0 aliphatic carbocycles. The summed E-state index contributed by atoms with van der Waals surface area (Å²) in [6, 6.07) is 16.2. The maximum Gasteiger partial charge on any atom is 0.303 e. The van der Waals surface area contributed by atoms with Gasteiger partial charge in [0.15, 0.2) is 0 Å². The lowest BCUT2D eigenvalue weighted by Crippen LogP contribution is -2.22. The molecule has 2 aromatic carbocycles. The lowest BCUT2D eigenvalue weighted by atomic mass is 10.1. The number of hydrogen-bond donors (Lipinski definition) is 1. The van der Waals surface area contributed by atoms with Crippen molar-refractivity contribution in [1.29, 1.82) is 0 Å². The highest BCUT2D eigenvalue weighted by Gasteiger charge is 2.03. The fraction of sp³-hybridized carbons (Fsp3) is 0.381. The van der Waals surface area contributed by atoms with Crippen molar-refractivity contribution in [3.63, 3.8) is 0 Å². The van der Waals surface area contributed by atoms with Gasteiger partial charge in [-0.05, 0) is 48.3 Å². The zero-order valence-corrected chi connectivity index (χ0v) is 15.1. The molecule has 0 saturated carbocycles. The van der Waals surface area contributed by atoms with Gasteiger partial charge in [-0.3, -0.25) is 9.69 Å². The van der Waals surface area contributed by atoms with E-state index in [0.717, 1.165) is 36.5 Å². The molecular weight excluding hydrogens is 314 g/mol. The third-order valence-corrected chi connectivity index (χ3v) is 4.28. The zero-order chi connectivity index (χ0) is 18.1. The predicted octanol–water partition coefficient (Wildman–Crippen LogP) is 4.12. The topological polar surface area (TPSA) is 49.8 Å². The van der Waals surface area contributed by atoms with E-state index in [4.69, 9.17) is 9.84 Å². The number of carbonyl (C=O) groups is 1. The Bertz CT molecular complexity index is 646. The van der Waals surface area contributed by atoms with Crippen LogP contribution in [0, 0.1) is 0 Å². The van der Waals surface area contributed by atoms with Crippen LogP contribution in [0.1, 0.15) is 37.0 Å². The summed E-state index contributed by atoms with van der Waals surface area (Å²) in [5.74, 6) is 0.0241. The third kappa shape index (κ3) is 6.59. The van der Waals surface area contributed by atoms with E-state index in [1.54, 1.807) is 0 Å². The van der Waals surface area contributed by atoms with E-state index in [1.165, 1.54) is 5.56 Å². The summed E-state index contributed by atoms with van der Waals surface area (Å²) < 4.78 is 5.81. The Morgan fingerprint density at radius 3 is 2.04 bits per heavy atom. The van der Waals surface area contributed by atoms with Gasteiger partial charge in [0.2, 0.25) is 0 Å². The molecule has 0 aliphatic heterocycles. The number of rotatable bonds is 10. The van der Waals surface area contributed by atoms with Gasteiger partial charge < -0.3 is 9.84 Å². The van der Waals surface area contributed by atoms with Crippen molar-refractivity contribution >= 4 is 5.97 Å². The molecule has 1 N–H and O–H groups in total. The minimum absolute atomic E-state index is 0.153. The SMILES string of the molecule is CCN(CC)Cc1ccc(COc2ccc(CCC(=O)O)cc2)cc1. The van der Waals surface area contributed by atoms with Gasteiger partial charge in [-0.1, -0.05) is 50.2 Å². The fourth-order valence-electron chi connectivity index (χ4n) is 2.62. The predicted molar refractivity (Wildman–Crippen MR) is 99.8 cm³/mol. The molecule has 0 fully saturated rings. The molecule has 0 spiro atoms. The summed E-state index contributed by atoms with van der Waals surface area (Å²) in [6.07, 6.45) is 0.698. The molecule has 2 rings (SSSR count). The molecule has 0 bridgehead atoms. The Morgan fingerprint density at radius 1 is 0.920 bits per heavy atom. The van der Waals surface area contributed by atoms with Gasteiger partial charge >= 0.3 is 5.97 Å². The molecular formula is C21H27NO3. The van der Waals surface area contributed by atoms with E-state index in [1.807, 2.05) is 24.3 Å². The van der Waals surface area contributed by atoms with E-state index in [9.17, 15) is 4.79 Å². The van der Waals surface area contributed by atoms with Crippen LogP contribution < -0.4 is 4.74 Å². The molecule has 0 saturated heterocycles. The van der Waals surface area contributed by atoms with E-state index in [2.05, 4.69) is 43.0 Å². The number of hydrogen-bond acceptors (Lipinski definition) is 3. The molecule has 0 heterocycles. The van der Waals surface area contributed by atoms with Crippen molar-refractivity contribution < 1.29 is 14.6 Å². The Hall–Kier alpha value is -2.33. The highest BCUT2D eigenvalue weighted by Crippen LogP contribution is 2.16. The van der Waals surface area contributed by atoms with Gasteiger partial charge in [0, 0.05) is 13.0 Å². The van der Waals surface area contributed by atoms with Crippen LogP contribution in [0.15, 0.2) is 48.5 Å². The Kier molecular flexibility index (Phi) is 7.48. The Labute approximate surface area is 150 Å². The van der Waals surface area contributed by atoms with Gasteiger partial charge in [0.25, 0.3) is 0 Å². The average molecular weight is 341 g/mol. The standard InChI is InChI=1S/C21H27NO3/c1-3-22(4-2)15-18-5-7-19(8-6-18)16-25-20-12-9-17(10-13-20)11-14-21(23)24/h5-10,12-13H,3-4,11,14-16H2,1-2H3,(H,23,24). The second-order valence-electron chi connectivity index (χ2n) is 6.10. The molecule has 4 nitrogen and oxygen atoms in total. The summed E-state index contributed by atoms with van der Waals surface area (Å²) in [5.41, 5.74) is 3.46. The van der Waals surface area contributed by atoms with Crippen molar-refractivity contribution in [3.05, 3.63) is 65.2 Å². The number of aryl methyl sites for hydroxylation is 1. The first-order valence-electron chi connectivity index (χ1n) is 8.84. The van der Waals surface area contributed by atoms with Crippen LogP contribution in [0.2, 0.25) is 0 Å². The summed E-state index contributed by atoms with van der Waals surface area (Å²) >= 11 is 0. The molecule has 2 aromatic rings. The number of carboxylic acid groups (broad SMARTS) is 1. The number of benzene rings is 2. The summed E-state index contributed by atoms with van der Waals surface area (Å²) in [6.45, 7) is 7.98. The average Bonchev–Trinajstić information content (AvgIpc) is 2.64. The van der Waals surface area contributed by atoms with E-state index >= 15 is 0 Å². The number of ether oxygens (including phenoxy) is 1. The minimum atomic E-state index is -0.773. The molecule has 0 amide bonds. The monoisotopic (exact) mass is 341 g/mol. The van der Waals surface area contributed by atoms with Crippen LogP contribution in [0.25, 0.3) is 0 Å². The largest absolute Gasteiger partial charge is 0.489 e. The van der Waals surface area contributed by atoms with Gasteiger partial charge in [0.1, 0.15) is 12.4 Å². The van der Waals surface area contributed by atoms with Crippen molar-refractivity contribution in [2.75, 3.05) is 13.1 Å². The van der Waals surface area contributed by atoms with Gasteiger partial charge in [-0.2, -0.15) is 0 Å². The summed E-state index contributed by atoms with van der Waals surface area (Å²) in [7, 11) is 0. The van der Waals surface area contributed by atoms with Gasteiger partial charge in [-0.15, -0.1) is 0 Å². The molecule has 134 valence electrons. The van der Waals surface area contributed by atoms with Crippen molar-refractivity contribution in [3.8, 4) is 5.75 Å². The number of nitrogens with zero attached hydrogens (tertiary/aromatic N) is 1. The highest BCUT2D eigenvalue weighted by atomic mass is 16.5. The third-order valence-electron chi connectivity index (χ3n) is 4.28. The van der Waals surface area contributed by atoms with Crippen LogP contribution in [0.3, 0.4) is 0 Å². The molecule has 0 atom stereocenters. The first kappa shape index (κ1) is 19.0. The molecule has 0 unspecified atom stereocenters. The minimum Gasteiger partial charge on any atom is -0.489 e. The summed E-state index contributed by atoms with van der Waals surface area (Å²) in [5, 5.41) is 8.71. The van der Waals surface area contributed by atoms with Crippen molar-refractivity contribution in [2.24, 2.45) is 0 Å². The van der Waals surface area contributed by atoms with Crippen LogP contribution in [-0.2, 0) is 24.4 Å². The molecule has 4 heteroatoms. The number of carboxylic acids is 1. The first-order valence-corrected chi connectivity index (χ1v) is 8.84. The highest BCUT2D eigenvalue weighted by molar-refractivity contribution is 5.67. The Morgan fingerprint density at radius 2 is 1.48 bits per heavy atom. The molecule has 0 aliphatic rings. The smallest absolute Gasteiger partial charge is 0.303 e. The quantitative estimate of drug-likeness (QED) is 0.706. The fourth-order valence-corrected chi connectivity index (χ4v) is 2.62. The second-order valence-corrected chi connectivity index (χ2v) is 6.10. The zero-order valence-electron chi connectivity index (χ0n) is 15.1. The van der Waals surface area contributed by atoms with Crippen LogP contribution in [-0.4, -0.2) is 29.1 Å². The molecule has 0 aromatic heterocycles. The molecule has 0 radical (unpaired) electrons. The van der Waals surface area contributed by atoms with Crippen molar-refractivity contribution in [1.82, 2.24) is 4.90 Å². The second kappa shape index (κ2) is 9.84. The van der Waals surface area contributed by atoms with Crippen LogP contribution in [0.4, 0.5) is 0 Å². The van der Waals surface area contributed by atoms with Gasteiger partial charge in [-0.25, -0.2) is 0 Å². The maximum absolute atomic E-state index is 10.6. The Balaban J connectivity index is 1.83. The van der Waals surface area contributed by atoms with E-state index in [-0.39, 0.29) is 6.42 Å². The van der Waals surface area contributed by atoms with E-state index in [0.29, 0.717) is 13.0 Å². The maximum atomic E-state index is 10.6. The lowest BCUT2D eigenvalue weighted by Gasteiger charge is -2.18. The number of aliphatic carboxylic acids is 1. The normalized spacial score (nSPS) is 10.8. The van der Waals surface area contributed by atoms with E-state index < -0.39 is 5.97 Å². The molecule has 25 heavy (non-hydrogen) atoms. The van der Waals surface area contributed by atoms with Crippen LogP contribution >= 0.6 is 0 Å². The van der Waals surface area contributed by atoms with Crippen LogP contribution in [0.5, 0.6) is 5.75 Å². The van der Waals surface area contributed by atoms with Crippen molar-refractivity contribution in [2.45, 2.75) is 39.8 Å². The van der Waals surface area contributed by atoms with Gasteiger partial charge in [0.05, 0.1) is 0 Å². The summed E-state index contributed by atoms with van der Waals surface area (Å²) in [4.78, 5) is 13.0. The first-order chi connectivity index (χ1) is 12.1.